The molecule has 0 radical (unpaired) electrons. The number of halogens is 2. The van der Waals surface area contributed by atoms with Crippen molar-refractivity contribution in [1.82, 2.24) is 19.1 Å². The summed E-state index contributed by atoms with van der Waals surface area (Å²) in [5, 5.41) is 0. The predicted molar refractivity (Wildman–Crippen MR) is 99.1 cm³/mol. The Balaban J connectivity index is 1.89. The summed E-state index contributed by atoms with van der Waals surface area (Å²) in [6.45, 7) is -0.0247. The quantitative estimate of drug-likeness (QED) is 0.545. The third-order valence-corrected chi connectivity index (χ3v) is 4.33. The topological polar surface area (TPSA) is 69.8 Å². The molecule has 8 heteroatoms. The molecule has 2 aromatic heterocycles. The lowest BCUT2D eigenvalue weighted by Gasteiger charge is -2.13. The van der Waals surface area contributed by atoms with Crippen LogP contribution in [0.15, 0.2) is 70.5 Å². The highest BCUT2D eigenvalue weighted by Crippen LogP contribution is 2.09. The van der Waals surface area contributed by atoms with Crippen molar-refractivity contribution in [3.05, 3.63) is 105 Å². The van der Waals surface area contributed by atoms with Gasteiger partial charge in [0, 0.05) is 12.4 Å². The molecule has 0 aliphatic heterocycles. The number of aromatic nitrogens is 4. The molecule has 28 heavy (non-hydrogen) atoms. The van der Waals surface area contributed by atoms with Crippen LogP contribution < -0.4 is 11.2 Å². The Labute approximate surface area is 157 Å². The summed E-state index contributed by atoms with van der Waals surface area (Å²) in [5.41, 5.74) is 0.0828. The summed E-state index contributed by atoms with van der Waals surface area (Å²) in [4.78, 5) is 34.0. The van der Waals surface area contributed by atoms with Crippen LogP contribution in [0, 0.1) is 11.6 Å². The van der Waals surface area contributed by atoms with Crippen molar-refractivity contribution in [3.63, 3.8) is 0 Å². The molecule has 0 unspecified atom stereocenters. The Morgan fingerprint density at radius 3 is 2.25 bits per heavy atom. The first-order valence-corrected chi connectivity index (χ1v) is 8.46. The lowest BCUT2D eigenvalue weighted by atomic mass is 10.2. The van der Waals surface area contributed by atoms with Gasteiger partial charge in [0.1, 0.15) is 11.6 Å². The first-order chi connectivity index (χ1) is 13.5. The van der Waals surface area contributed by atoms with E-state index in [0.29, 0.717) is 11.1 Å². The molecule has 0 bridgehead atoms. The fourth-order valence-electron chi connectivity index (χ4n) is 3.00. The number of hydrogen-bond donors (Lipinski definition) is 0. The minimum absolute atomic E-state index is 0.0233. The maximum Gasteiger partial charge on any atom is 0.333 e. The van der Waals surface area contributed by atoms with E-state index >= 15 is 0 Å². The summed E-state index contributed by atoms with van der Waals surface area (Å²) in [6, 6.07) is 11.3. The molecule has 2 aromatic carbocycles. The van der Waals surface area contributed by atoms with Crippen LogP contribution in [0.4, 0.5) is 8.78 Å². The third-order valence-electron chi connectivity index (χ3n) is 4.33. The molecular formula is C20H14F2N4O2. The normalized spacial score (nSPS) is 11.1. The van der Waals surface area contributed by atoms with Crippen LogP contribution >= 0.6 is 0 Å². The second-order valence-electron chi connectivity index (χ2n) is 6.24. The van der Waals surface area contributed by atoms with Gasteiger partial charge >= 0.3 is 5.69 Å². The standard InChI is InChI=1S/C20H14F2N4O2/c21-15-6-4-13(5-7-15)11-26-19(27)17-18(24-9-8-23-17)25(20(26)28)12-14-2-1-3-16(22)10-14/h1-10H,11-12H2. The summed E-state index contributed by atoms with van der Waals surface area (Å²) < 4.78 is 29.0. The Hall–Kier alpha value is -3.68. The van der Waals surface area contributed by atoms with Gasteiger partial charge in [0.15, 0.2) is 11.2 Å². The second-order valence-corrected chi connectivity index (χ2v) is 6.24. The van der Waals surface area contributed by atoms with Crippen molar-refractivity contribution in [2.45, 2.75) is 13.1 Å². The molecule has 0 aliphatic rings. The Bertz CT molecular complexity index is 1280. The maximum absolute atomic E-state index is 13.5. The average Bonchev–Trinajstić information content (AvgIpc) is 2.70. The van der Waals surface area contributed by atoms with E-state index in [1.165, 1.54) is 59.4 Å². The average molecular weight is 380 g/mol. The van der Waals surface area contributed by atoms with E-state index in [9.17, 15) is 18.4 Å². The SMILES string of the molecule is O=c1c2nccnc2n(Cc2cccc(F)c2)c(=O)n1Cc1ccc(F)cc1. The van der Waals surface area contributed by atoms with Gasteiger partial charge in [0.2, 0.25) is 0 Å². The van der Waals surface area contributed by atoms with Crippen LogP contribution in [0.2, 0.25) is 0 Å². The molecule has 0 spiro atoms. The van der Waals surface area contributed by atoms with Crippen molar-refractivity contribution < 1.29 is 8.78 Å². The molecule has 6 nitrogen and oxygen atoms in total. The van der Waals surface area contributed by atoms with E-state index in [0.717, 1.165) is 4.57 Å². The smallest absolute Gasteiger partial charge is 0.272 e. The number of fused-ring (bicyclic) bond motifs is 1. The van der Waals surface area contributed by atoms with Gasteiger partial charge in [-0.1, -0.05) is 24.3 Å². The molecule has 0 amide bonds. The van der Waals surface area contributed by atoms with E-state index < -0.39 is 22.9 Å². The highest BCUT2D eigenvalue weighted by atomic mass is 19.1. The monoisotopic (exact) mass is 380 g/mol. The van der Waals surface area contributed by atoms with Crippen LogP contribution in [-0.4, -0.2) is 19.1 Å². The summed E-state index contributed by atoms with van der Waals surface area (Å²) in [5.74, 6) is -0.843. The summed E-state index contributed by atoms with van der Waals surface area (Å²) >= 11 is 0. The van der Waals surface area contributed by atoms with Gasteiger partial charge in [-0.05, 0) is 35.4 Å². The van der Waals surface area contributed by atoms with Crippen LogP contribution in [0.3, 0.4) is 0 Å². The van der Waals surface area contributed by atoms with Crippen molar-refractivity contribution in [3.8, 4) is 0 Å². The van der Waals surface area contributed by atoms with Crippen LogP contribution in [0.25, 0.3) is 11.2 Å². The largest absolute Gasteiger partial charge is 0.333 e. The summed E-state index contributed by atoms with van der Waals surface area (Å²) in [7, 11) is 0. The molecule has 0 saturated carbocycles. The first-order valence-electron chi connectivity index (χ1n) is 8.46. The van der Waals surface area contributed by atoms with Gasteiger partial charge in [0.25, 0.3) is 5.56 Å². The minimum atomic E-state index is -0.605. The van der Waals surface area contributed by atoms with E-state index in [1.54, 1.807) is 6.07 Å². The zero-order chi connectivity index (χ0) is 19.7. The van der Waals surface area contributed by atoms with Crippen molar-refractivity contribution in [2.75, 3.05) is 0 Å². The van der Waals surface area contributed by atoms with E-state index in [1.807, 2.05) is 0 Å². The highest BCUT2D eigenvalue weighted by Gasteiger charge is 2.16. The van der Waals surface area contributed by atoms with E-state index in [4.69, 9.17) is 0 Å². The lowest BCUT2D eigenvalue weighted by Crippen LogP contribution is -2.41. The minimum Gasteiger partial charge on any atom is -0.272 e. The van der Waals surface area contributed by atoms with Crippen molar-refractivity contribution in [2.24, 2.45) is 0 Å². The highest BCUT2D eigenvalue weighted by molar-refractivity contribution is 5.68. The zero-order valence-corrected chi connectivity index (χ0v) is 14.5. The van der Waals surface area contributed by atoms with Gasteiger partial charge in [-0.2, -0.15) is 0 Å². The molecule has 0 N–H and O–H groups in total. The number of nitrogens with zero attached hydrogens (tertiary/aromatic N) is 4. The summed E-state index contributed by atoms with van der Waals surface area (Å²) in [6.07, 6.45) is 2.75. The van der Waals surface area contributed by atoms with Gasteiger partial charge < -0.3 is 0 Å². The van der Waals surface area contributed by atoms with Crippen molar-refractivity contribution in [1.29, 1.82) is 0 Å². The lowest BCUT2D eigenvalue weighted by molar-refractivity contribution is 0.609. The van der Waals surface area contributed by atoms with Crippen LogP contribution in [0.1, 0.15) is 11.1 Å². The molecule has 0 saturated heterocycles. The molecule has 0 atom stereocenters. The number of benzene rings is 2. The van der Waals surface area contributed by atoms with Crippen LogP contribution in [-0.2, 0) is 13.1 Å². The Morgan fingerprint density at radius 1 is 0.786 bits per heavy atom. The second kappa shape index (κ2) is 7.15. The van der Waals surface area contributed by atoms with Gasteiger partial charge in [-0.3, -0.25) is 13.9 Å². The number of rotatable bonds is 4. The molecule has 2 heterocycles. The third kappa shape index (κ3) is 3.32. The van der Waals surface area contributed by atoms with Gasteiger partial charge in [0.05, 0.1) is 13.1 Å². The predicted octanol–water partition coefficient (Wildman–Crippen LogP) is 2.33. The fourth-order valence-corrected chi connectivity index (χ4v) is 3.00. The fraction of sp³-hybridized carbons (Fsp3) is 0.100. The van der Waals surface area contributed by atoms with Crippen molar-refractivity contribution >= 4 is 11.2 Å². The molecule has 0 aliphatic carbocycles. The molecule has 0 fully saturated rings. The van der Waals surface area contributed by atoms with E-state index in [-0.39, 0.29) is 24.3 Å². The first kappa shape index (κ1) is 17.7. The Morgan fingerprint density at radius 2 is 1.50 bits per heavy atom. The zero-order valence-electron chi connectivity index (χ0n) is 14.5. The van der Waals surface area contributed by atoms with E-state index in [2.05, 4.69) is 9.97 Å². The van der Waals surface area contributed by atoms with Gasteiger partial charge in [-0.15, -0.1) is 0 Å². The van der Waals surface area contributed by atoms with Gasteiger partial charge in [-0.25, -0.2) is 23.5 Å². The molecule has 4 rings (SSSR count). The molecular weight excluding hydrogens is 366 g/mol. The maximum atomic E-state index is 13.5. The molecule has 4 aromatic rings. The molecule has 140 valence electrons. The van der Waals surface area contributed by atoms with Crippen LogP contribution in [0.5, 0.6) is 0 Å². The Kier molecular flexibility index (Phi) is 4.52. The number of hydrogen-bond acceptors (Lipinski definition) is 4.